The summed E-state index contributed by atoms with van der Waals surface area (Å²) in [4.78, 5) is 21.7. The van der Waals surface area contributed by atoms with Crippen molar-refractivity contribution >= 4 is 11.9 Å². The third-order valence-corrected chi connectivity index (χ3v) is 2.88. The second-order valence-corrected chi connectivity index (χ2v) is 4.02. The van der Waals surface area contributed by atoms with Gasteiger partial charge in [0.25, 0.3) is 5.91 Å². The molecule has 6 heteroatoms. The van der Waals surface area contributed by atoms with Crippen molar-refractivity contribution in [1.29, 1.82) is 0 Å². The Bertz CT molecular complexity index is 265. The highest BCUT2D eigenvalue weighted by Gasteiger charge is 2.32. The van der Waals surface area contributed by atoms with Crippen molar-refractivity contribution in [2.75, 3.05) is 0 Å². The Morgan fingerprint density at radius 2 is 1.75 bits per heavy atom. The molecule has 0 spiro atoms. The molecule has 0 aromatic carbocycles. The fourth-order valence-electron chi connectivity index (χ4n) is 2.06. The number of carbonyl (C=O) groups is 2. The topological polar surface area (TPSA) is 66.4 Å². The molecule has 1 atom stereocenters. The summed E-state index contributed by atoms with van der Waals surface area (Å²) >= 11 is 0. The fraction of sp³-hybridized carbons (Fsp3) is 0.800. The first-order chi connectivity index (χ1) is 7.52. The smallest absolute Gasteiger partial charge is 0.326 e. The van der Waals surface area contributed by atoms with Gasteiger partial charge in [-0.2, -0.15) is 8.78 Å². The number of carbonyl (C=O) groups excluding carboxylic acids is 1. The first-order valence-corrected chi connectivity index (χ1v) is 5.33. The van der Waals surface area contributed by atoms with E-state index in [0.29, 0.717) is 12.8 Å². The van der Waals surface area contributed by atoms with Crippen LogP contribution in [0, 0.1) is 5.92 Å². The zero-order chi connectivity index (χ0) is 12.1. The predicted octanol–water partition coefficient (Wildman–Crippen LogP) is 1.40. The summed E-state index contributed by atoms with van der Waals surface area (Å²) in [6, 6.07) is -1.18. The molecule has 0 aliphatic heterocycles. The van der Waals surface area contributed by atoms with Crippen molar-refractivity contribution in [2.24, 2.45) is 5.92 Å². The number of hydrogen-bond donors (Lipinski definition) is 2. The van der Waals surface area contributed by atoms with E-state index in [1.54, 1.807) is 0 Å². The predicted molar refractivity (Wildman–Crippen MR) is 52.1 cm³/mol. The van der Waals surface area contributed by atoms with Gasteiger partial charge < -0.3 is 10.4 Å². The Labute approximate surface area is 92.0 Å². The van der Waals surface area contributed by atoms with Crippen LogP contribution in [-0.2, 0) is 9.59 Å². The van der Waals surface area contributed by atoms with E-state index in [1.807, 2.05) is 5.32 Å². The normalized spacial score (nSPS) is 19.4. The molecule has 0 saturated heterocycles. The van der Waals surface area contributed by atoms with Crippen molar-refractivity contribution in [3.8, 4) is 0 Å². The SMILES string of the molecule is O=C(NC(C(=O)O)C1CCCCC1)C(F)F. The maximum Gasteiger partial charge on any atom is 0.326 e. The molecule has 1 amide bonds. The van der Waals surface area contributed by atoms with Crippen molar-refractivity contribution in [2.45, 2.75) is 44.6 Å². The van der Waals surface area contributed by atoms with Gasteiger partial charge in [0.05, 0.1) is 0 Å². The van der Waals surface area contributed by atoms with Crippen molar-refractivity contribution in [3.63, 3.8) is 0 Å². The Hall–Kier alpha value is -1.20. The van der Waals surface area contributed by atoms with Gasteiger partial charge in [0.1, 0.15) is 6.04 Å². The molecule has 0 aromatic rings. The van der Waals surface area contributed by atoms with Gasteiger partial charge in [-0.1, -0.05) is 19.3 Å². The number of halogens is 2. The van der Waals surface area contributed by atoms with Crippen LogP contribution in [0.4, 0.5) is 8.78 Å². The van der Waals surface area contributed by atoms with Gasteiger partial charge in [-0.3, -0.25) is 4.79 Å². The quantitative estimate of drug-likeness (QED) is 0.774. The van der Waals surface area contributed by atoms with E-state index in [4.69, 9.17) is 5.11 Å². The minimum Gasteiger partial charge on any atom is -0.480 e. The van der Waals surface area contributed by atoms with Crippen LogP contribution in [0.15, 0.2) is 0 Å². The summed E-state index contributed by atoms with van der Waals surface area (Å²) in [5, 5.41) is 10.8. The summed E-state index contributed by atoms with van der Waals surface area (Å²) < 4.78 is 24.0. The summed E-state index contributed by atoms with van der Waals surface area (Å²) in [7, 11) is 0. The van der Waals surface area contributed by atoms with E-state index in [1.165, 1.54) is 0 Å². The van der Waals surface area contributed by atoms with Crippen molar-refractivity contribution < 1.29 is 23.5 Å². The number of carboxylic acid groups (broad SMARTS) is 1. The van der Waals surface area contributed by atoms with Crippen LogP contribution in [0.25, 0.3) is 0 Å². The highest BCUT2D eigenvalue weighted by molar-refractivity contribution is 5.85. The first-order valence-electron chi connectivity index (χ1n) is 5.33. The third kappa shape index (κ3) is 3.43. The molecule has 1 aliphatic carbocycles. The number of amides is 1. The Morgan fingerprint density at radius 1 is 1.19 bits per heavy atom. The number of aliphatic carboxylic acids is 1. The van der Waals surface area contributed by atoms with Crippen molar-refractivity contribution in [3.05, 3.63) is 0 Å². The molecule has 0 bridgehead atoms. The van der Waals surface area contributed by atoms with Crippen LogP contribution in [0.5, 0.6) is 0 Å². The third-order valence-electron chi connectivity index (χ3n) is 2.88. The minimum absolute atomic E-state index is 0.228. The van der Waals surface area contributed by atoms with Gasteiger partial charge >= 0.3 is 12.4 Å². The lowest BCUT2D eigenvalue weighted by Gasteiger charge is -2.27. The lowest BCUT2D eigenvalue weighted by Crippen LogP contribution is -2.48. The van der Waals surface area contributed by atoms with E-state index in [2.05, 4.69) is 0 Å². The van der Waals surface area contributed by atoms with E-state index in [0.717, 1.165) is 19.3 Å². The summed E-state index contributed by atoms with van der Waals surface area (Å²) in [6.45, 7) is 0. The fourth-order valence-corrected chi connectivity index (χ4v) is 2.06. The standard InChI is InChI=1S/C10H15F2NO3/c11-8(12)9(14)13-7(10(15)16)6-4-2-1-3-5-6/h6-8H,1-5H2,(H,13,14)(H,15,16). The molecular weight excluding hydrogens is 220 g/mol. The summed E-state index contributed by atoms with van der Waals surface area (Å²) in [5.74, 6) is -2.96. The van der Waals surface area contributed by atoms with Crippen molar-refractivity contribution in [1.82, 2.24) is 5.32 Å². The molecule has 1 unspecified atom stereocenters. The van der Waals surface area contributed by atoms with Crippen LogP contribution in [-0.4, -0.2) is 29.5 Å². The Morgan fingerprint density at radius 3 is 2.19 bits per heavy atom. The van der Waals surface area contributed by atoms with Crippen LogP contribution < -0.4 is 5.32 Å². The highest BCUT2D eigenvalue weighted by atomic mass is 19.3. The molecule has 0 heterocycles. The minimum atomic E-state index is -3.16. The molecule has 16 heavy (non-hydrogen) atoms. The number of hydrogen-bond acceptors (Lipinski definition) is 2. The lowest BCUT2D eigenvalue weighted by atomic mass is 9.84. The van der Waals surface area contributed by atoms with Crippen LogP contribution >= 0.6 is 0 Å². The average molecular weight is 235 g/mol. The van der Waals surface area contributed by atoms with Gasteiger partial charge in [-0.15, -0.1) is 0 Å². The van der Waals surface area contributed by atoms with E-state index < -0.39 is 24.3 Å². The monoisotopic (exact) mass is 235 g/mol. The first kappa shape index (κ1) is 12.9. The number of nitrogens with one attached hydrogen (secondary N) is 1. The zero-order valence-corrected chi connectivity index (χ0v) is 8.79. The summed E-state index contributed by atoms with van der Waals surface area (Å²) in [6.07, 6.45) is 0.982. The Balaban J connectivity index is 2.59. The second kappa shape index (κ2) is 5.77. The Kier molecular flexibility index (Phi) is 4.64. The maximum atomic E-state index is 12.0. The average Bonchev–Trinajstić information content (AvgIpc) is 2.26. The lowest BCUT2D eigenvalue weighted by molar-refractivity contribution is -0.146. The zero-order valence-electron chi connectivity index (χ0n) is 8.79. The van der Waals surface area contributed by atoms with Gasteiger partial charge in [-0.05, 0) is 18.8 Å². The number of carboxylic acids is 1. The molecule has 92 valence electrons. The summed E-state index contributed by atoms with van der Waals surface area (Å²) in [5.41, 5.74) is 0. The molecule has 4 nitrogen and oxygen atoms in total. The maximum absolute atomic E-state index is 12.0. The molecule has 1 saturated carbocycles. The number of alkyl halides is 2. The largest absolute Gasteiger partial charge is 0.480 e. The van der Waals surface area contributed by atoms with Gasteiger partial charge in [0, 0.05) is 0 Å². The van der Waals surface area contributed by atoms with Crippen LogP contribution in [0.1, 0.15) is 32.1 Å². The molecule has 1 fully saturated rings. The van der Waals surface area contributed by atoms with Crippen LogP contribution in [0.3, 0.4) is 0 Å². The highest BCUT2D eigenvalue weighted by Crippen LogP contribution is 2.26. The molecule has 1 aliphatic rings. The van der Waals surface area contributed by atoms with Gasteiger partial charge in [0.15, 0.2) is 0 Å². The molecule has 2 N–H and O–H groups in total. The second-order valence-electron chi connectivity index (χ2n) is 4.02. The van der Waals surface area contributed by atoms with Crippen LogP contribution in [0.2, 0.25) is 0 Å². The van der Waals surface area contributed by atoms with E-state index >= 15 is 0 Å². The molecule has 0 aromatic heterocycles. The van der Waals surface area contributed by atoms with E-state index in [-0.39, 0.29) is 5.92 Å². The van der Waals surface area contributed by atoms with E-state index in [9.17, 15) is 18.4 Å². The van der Waals surface area contributed by atoms with Gasteiger partial charge in [-0.25, -0.2) is 4.79 Å². The molecule has 1 rings (SSSR count). The van der Waals surface area contributed by atoms with Gasteiger partial charge in [0.2, 0.25) is 0 Å². The molecule has 0 radical (unpaired) electrons. The number of rotatable bonds is 4. The molecular formula is C10H15F2NO3.